The highest BCUT2D eigenvalue weighted by molar-refractivity contribution is 6.30. The maximum atomic E-state index is 14.8. The van der Waals surface area contributed by atoms with E-state index in [2.05, 4.69) is 0 Å². The van der Waals surface area contributed by atoms with Gasteiger partial charge in [-0.25, -0.2) is 0 Å². The summed E-state index contributed by atoms with van der Waals surface area (Å²) in [7, 11) is 0. The SMILES string of the molecule is CC1(C)CC(=O)C2=C(C1)N(CCc1ccccc1)C(=O)C2(NC(=O)c1ccc(Cl)cc1)C(F)(F)F. The number of hydrogen-bond acceptors (Lipinski definition) is 3. The molecule has 2 aromatic carbocycles. The maximum absolute atomic E-state index is 14.8. The number of Topliss-reactive ketones (excluding diaryl/α,β-unsaturated/α-hetero) is 1. The first-order valence-corrected chi connectivity index (χ1v) is 11.5. The van der Waals surface area contributed by atoms with Gasteiger partial charge in [-0.15, -0.1) is 0 Å². The second kappa shape index (κ2) is 8.82. The van der Waals surface area contributed by atoms with Gasteiger partial charge < -0.3 is 10.2 Å². The lowest BCUT2D eigenvalue weighted by molar-refractivity contribution is -0.190. The lowest BCUT2D eigenvalue weighted by Gasteiger charge is -2.35. The molecule has 0 fully saturated rings. The van der Waals surface area contributed by atoms with Crippen molar-refractivity contribution in [1.29, 1.82) is 0 Å². The molecule has 184 valence electrons. The zero-order valence-corrected chi connectivity index (χ0v) is 20.0. The van der Waals surface area contributed by atoms with E-state index < -0.39 is 40.3 Å². The lowest BCUT2D eigenvalue weighted by atomic mass is 9.72. The third-order valence-electron chi connectivity index (χ3n) is 6.42. The zero-order chi connectivity index (χ0) is 25.6. The molecule has 0 saturated carbocycles. The van der Waals surface area contributed by atoms with Crippen LogP contribution in [0.3, 0.4) is 0 Å². The van der Waals surface area contributed by atoms with E-state index in [4.69, 9.17) is 11.6 Å². The first-order valence-electron chi connectivity index (χ1n) is 11.1. The minimum Gasteiger partial charge on any atom is -0.326 e. The van der Waals surface area contributed by atoms with E-state index in [-0.39, 0.29) is 37.1 Å². The molecule has 1 heterocycles. The molecule has 0 aromatic heterocycles. The number of rotatable bonds is 5. The van der Waals surface area contributed by atoms with Crippen molar-refractivity contribution in [1.82, 2.24) is 10.2 Å². The van der Waals surface area contributed by atoms with Crippen molar-refractivity contribution in [3.05, 3.63) is 82.0 Å². The number of nitrogens with zero attached hydrogens (tertiary/aromatic N) is 1. The van der Waals surface area contributed by atoms with Crippen LogP contribution in [0.5, 0.6) is 0 Å². The van der Waals surface area contributed by atoms with Crippen LogP contribution < -0.4 is 5.32 Å². The van der Waals surface area contributed by atoms with E-state index in [0.29, 0.717) is 5.02 Å². The topological polar surface area (TPSA) is 66.5 Å². The number of alkyl halides is 3. The lowest BCUT2D eigenvalue weighted by Crippen LogP contribution is -2.66. The number of nitrogens with one attached hydrogen (secondary N) is 1. The summed E-state index contributed by atoms with van der Waals surface area (Å²) in [6, 6.07) is 14.3. The number of hydrogen-bond donors (Lipinski definition) is 1. The molecule has 2 amide bonds. The molecule has 2 aromatic rings. The molecule has 1 atom stereocenters. The van der Waals surface area contributed by atoms with Crippen molar-refractivity contribution in [2.45, 2.75) is 44.8 Å². The fourth-order valence-corrected chi connectivity index (χ4v) is 4.92. The van der Waals surface area contributed by atoms with Gasteiger partial charge in [0, 0.05) is 29.2 Å². The molecular formula is C26H24ClF3N2O3. The maximum Gasteiger partial charge on any atom is 0.425 e. The molecule has 5 nitrogen and oxygen atoms in total. The average Bonchev–Trinajstić information content (AvgIpc) is 3.00. The minimum absolute atomic E-state index is 0.0286. The zero-order valence-electron chi connectivity index (χ0n) is 19.2. The van der Waals surface area contributed by atoms with Gasteiger partial charge in [0.05, 0.1) is 5.57 Å². The third-order valence-corrected chi connectivity index (χ3v) is 6.67. The molecule has 1 N–H and O–H groups in total. The van der Waals surface area contributed by atoms with E-state index in [1.54, 1.807) is 26.0 Å². The fraction of sp³-hybridized carbons (Fsp3) is 0.346. The summed E-state index contributed by atoms with van der Waals surface area (Å²) in [6.45, 7) is 3.49. The van der Waals surface area contributed by atoms with Gasteiger partial charge in [0.15, 0.2) is 5.78 Å². The highest BCUT2D eigenvalue weighted by Crippen LogP contribution is 2.51. The fourth-order valence-electron chi connectivity index (χ4n) is 4.79. The molecule has 0 saturated heterocycles. The molecule has 2 aliphatic rings. The van der Waals surface area contributed by atoms with Gasteiger partial charge in [0.25, 0.3) is 11.8 Å². The predicted octanol–water partition coefficient (Wildman–Crippen LogP) is 5.10. The second-order valence-electron chi connectivity index (χ2n) is 9.66. The Kier molecular flexibility index (Phi) is 6.30. The van der Waals surface area contributed by atoms with E-state index in [1.807, 2.05) is 23.5 Å². The van der Waals surface area contributed by atoms with Gasteiger partial charge >= 0.3 is 6.18 Å². The Hall–Kier alpha value is -3.13. The van der Waals surface area contributed by atoms with Gasteiger partial charge in [-0.1, -0.05) is 55.8 Å². The van der Waals surface area contributed by atoms with E-state index in [0.717, 1.165) is 10.5 Å². The number of ketones is 1. The Morgan fingerprint density at radius 2 is 1.66 bits per heavy atom. The largest absolute Gasteiger partial charge is 0.425 e. The standard InChI is InChI=1S/C26H24ClF3N2O3/c1-24(2)14-19-21(20(33)15-24)25(26(28,29)30,31-22(34)17-8-10-18(27)11-9-17)23(35)32(19)13-12-16-6-4-3-5-7-16/h3-11H,12-15H2,1-2H3,(H,31,34). The smallest absolute Gasteiger partial charge is 0.326 e. The van der Waals surface area contributed by atoms with Crippen molar-refractivity contribution >= 4 is 29.2 Å². The Morgan fingerprint density at radius 3 is 2.26 bits per heavy atom. The van der Waals surface area contributed by atoms with Crippen LogP contribution in [0.15, 0.2) is 65.9 Å². The van der Waals surface area contributed by atoms with Crippen LogP contribution in [0, 0.1) is 5.41 Å². The molecule has 35 heavy (non-hydrogen) atoms. The van der Waals surface area contributed by atoms with Gasteiger partial charge in [0.2, 0.25) is 5.54 Å². The van der Waals surface area contributed by atoms with Crippen LogP contribution in [-0.2, 0) is 16.0 Å². The molecule has 0 bridgehead atoms. The van der Waals surface area contributed by atoms with Gasteiger partial charge in [-0.2, -0.15) is 13.2 Å². The monoisotopic (exact) mass is 504 g/mol. The average molecular weight is 505 g/mol. The number of halogens is 4. The first-order chi connectivity index (χ1) is 16.4. The molecule has 1 aliphatic heterocycles. The van der Waals surface area contributed by atoms with E-state index >= 15 is 0 Å². The van der Waals surface area contributed by atoms with Crippen LogP contribution in [0.2, 0.25) is 5.02 Å². The number of carbonyl (C=O) groups is 3. The van der Waals surface area contributed by atoms with Crippen LogP contribution in [0.25, 0.3) is 0 Å². The Bertz CT molecular complexity index is 1210. The van der Waals surface area contributed by atoms with E-state index in [9.17, 15) is 27.6 Å². The van der Waals surface area contributed by atoms with Crippen molar-refractivity contribution in [3.63, 3.8) is 0 Å². The summed E-state index contributed by atoms with van der Waals surface area (Å²) in [5.74, 6) is -3.28. The number of benzene rings is 2. The van der Waals surface area contributed by atoms with Crippen molar-refractivity contribution in [2.24, 2.45) is 5.41 Å². The Balaban J connectivity index is 1.80. The summed E-state index contributed by atoms with van der Waals surface area (Å²) in [6.07, 6.45) is -5.02. The van der Waals surface area contributed by atoms with Gasteiger partial charge in [-0.3, -0.25) is 14.4 Å². The van der Waals surface area contributed by atoms with Crippen LogP contribution >= 0.6 is 11.6 Å². The summed E-state index contributed by atoms with van der Waals surface area (Å²) in [5, 5.41) is 2.22. The minimum atomic E-state index is -5.24. The van der Waals surface area contributed by atoms with Gasteiger partial charge in [-0.05, 0) is 48.1 Å². The molecule has 1 unspecified atom stereocenters. The highest BCUT2D eigenvalue weighted by Gasteiger charge is 2.71. The quantitative estimate of drug-likeness (QED) is 0.616. The van der Waals surface area contributed by atoms with Gasteiger partial charge in [0.1, 0.15) is 0 Å². The molecular weight excluding hydrogens is 481 g/mol. The molecule has 9 heteroatoms. The normalized spacial score (nSPS) is 21.8. The molecule has 4 rings (SSSR count). The van der Waals surface area contributed by atoms with Crippen molar-refractivity contribution in [2.75, 3.05) is 6.54 Å². The Labute approximate surface area is 205 Å². The third kappa shape index (κ3) is 4.47. The van der Waals surface area contributed by atoms with Crippen molar-refractivity contribution < 1.29 is 27.6 Å². The highest BCUT2D eigenvalue weighted by atomic mass is 35.5. The van der Waals surface area contributed by atoms with Crippen LogP contribution in [0.1, 0.15) is 42.6 Å². The summed E-state index contributed by atoms with van der Waals surface area (Å²) in [5.41, 5.74) is -4.02. The number of allylic oxidation sites excluding steroid dienone is 1. The van der Waals surface area contributed by atoms with Crippen LogP contribution in [-0.4, -0.2) is 40.8 Å². The molecule has 0 radical (unpaired) electrons. The first kappa shape index (κ1) is 25.0. The summed E-state index contributed by atoms with van der Waals surface area (Å²) < 4.78 is 44.4. The summed E-state index contributed by atoms with van der Waals surface area (Å²) >= 11 is 5.83. The van der Waals surface area contributed by atoms with Crippen molar-refractivity contribution in [3.8, 4) is 0 Å². The van der Waals surface area contributed by atoms with Crippen LogP contribution in [0.4, 0.5) is 13.2 Å². The second-order valence-corrected chi connectivity index (χ2v) is 10.1. The number of amides is 2. The molecule has 1 aliphatic carbocycles. The molecule has 0 spiro atoms. The summed E-state index contributed by atoms with van der Waals surface area (Å²) in [4.78, 5) is 40.8. The number of carbonyl (C=O) groups excluding carboxylic acids is 3. The Morgan fingerprint density at radius 1 is 1.03 bits per heavy atom. The predicted molar refractivity (Wildman–Crippen MR) is 125 cm³/mol. The van der Waals surface area contributed by atoms with E-state index in [1.165, 1.54) is 24.3 Å².